The van der Waals surface area contributed by atoms with Crippen LogP contribution in [0.25, 0.3) is 0 Å². The Morgan fingerprint density at radius 3 is 1.10 bits per heavy atom. The minimum Gasteiger partial charge on any atom is -0.387 e. The molecule has 80 heavy (non-hydrogen) atoms. The molecule has 0 saturated carbocycles. The number of hydrogen-bond donors (Lipinski definition) is 3. The Morgan fingerprint density at radius 1 is 0.438 bits per heavy atom. The van der Waals surface area contributed by atoms with Crippen LogP contribution < -0.4 is 5.32 Å². The molecule has 8 nitrogen and oxygen atoms in total. The van der Waals surface area contributed by atoms with E-state index in [2.05, 4.69) is 67.8 Å². The van der Waals surface area contributed by atoms with E-state index in [1.54, 1.807) is 6.08 Å². The second kappa shape index (κ2) is 61.8. The number of carbonyl (C=O) groups is 1. The van der Waals surface area contributed by atoms with Crippen molar-refractivity contribution in [1.82, 2.24) is 5.32 Å². The SMILES string of the molecule is CC/C=C\C/C=C\C/C=C\C/C=C\CCCCCCCCCCCCCCCCCCCCCCCCCCCCC(=O)NC(COP(=O)(O)OCC[N+](C)(C)C)C(O)/C=C/CCCCCCCCCCCCCCCCCCC. The van der Waals surface area contributed by atoms with E-state index in [1.807, 2.05) is 27.2 Å². The maximum Gasteiger partial charge on any atom is 0.472 e. The summed E-state index contributed by atoms with van der Waals surface area (Å²) in [5, 5.41) is 14.0. The summed E-state index contributed by atoms with van der Waals surface area (Å²) < 4.78 is 23.8. The smallest absolute Gasteiger partial charge is 0.387 e. The Morgan fingerprint density at radius 2 is 0.750 bits per heavy atom. The molecule has 0 aliphatic heterocycles. The number of unbranched alkanes of at least 4 members (excludes halogenated alkanes) is 43. The molecular formula is C71H136N2O6P+. The summed E-state index contributed by atoms with van der Waals surface area (Å²) in [6.07, 6.45) is 85.2. The van der Waals surface area contributed by atoms with E-state index in [0.717, 1.165) is 64.2 Å². The third-order valence-electron chi connectivity index (χ3n) is 15.7. The number of nitrogens with zero attached hydrogens (tertiary/aromatic N) is 1. The molecule has 0 spiro atoms. The van der Waals surface area contributed by atoms with E-state index in [0.29, 0.717) is 17.4 Å². The van der Waals surface area contributed by atoms with Gasteiger partial charge in [-0.15, -0.1) is 0 Å². The van der Waals surface area contributed by atoms with E-state index >= 15 is 0 Å². The maximum absolute atomic E-state index is 13.0. The van der Waals surface area contributed by atoms with Gasteiger partial charge in [0.05, 0.1) is 39.9 Å². The van der Waals surface area contributed by atoms with Crippen molar-refractivity contribution in [3.8, 4) is 0 Å². The summed E-state index contributed by atoms with van der Waals surface area (Å²) in [6.45, 7) is 4.75. The quantitative estimate of drug-likeness (QED) is 0.0243. The number of nitrogens with one attached hydrogen (secondary N) is 1. The average Bonchev–Trinajstić information content (AvgIpc) is 3.42. The standard InChI is InChI=1S/C71H135N2O6P/c1-6-8-10-12-14-16-18-20-22-24-26-27-28-29-30-31-32-33-34-35-36-37-38-39-40-41-42-43-44-45-47-49-51-53-55-57-59-61-63-65-71(75)72-69(68-79-80(76,77)78-67-66-73(3,4)5)70(74)64-62-60-58-56-54-52-50-48-46-25-23-21-19-17-15-13-11-9-7-2/h8,10,14,16,20,22,26-27,62,64,69-70,74H,6-7,9,11-13,15,17-19,21,23-25,28-61,63,65-68H2,1-5H3,(H-,72,75,76,77)/p+1/b10-8-,16-14-,22-20-,27-26-,64-62+. The summed E-state index contributed by atoms with van der Waals surface area (Å²) in [4.78, 5) is 23.4. The topological polar surface area (TPSA) is 105 Å². The van der Waals surface area contributed by atoms with Crippen molar-refractivity contribution in [3.63, 3.8) is 0 Å². The third kappa shape index (κ3) is 63.8. The molecular weight excluding hydrogens is 1010 g/mol. The van der Waals surface area contributed by atoms with Gasteiger partial charge in [0.2, 0.25) is 5.91 Å². The van der Waals surface area contributed by atoms with E-state index < -0.39 is 20.0 Å². The number of likely N-dealkylation sites (N-methyl/N-ethyl adjacent to an activating group) is 1. The Kier molecular flexibility index (Phi) is 60.4. The summed E-state index contributed by atoms with van der Waals surface area (Å²) in [7, 11) is 1.59. The molecule has 0 fully saturated rings. The Bertz CT molecular complexity index is 1490. The number of aliphatic hydroxyl groups excluding tert-OH is 1. The number of phosphoric ester groups is 1. The van der Waals surface area contributed by atoms with Gasteiger partial charge in [-0.1, -0.05) is 331 Å². The number of rotatable bonds is 64. The number of aliphatic hydroxyl groups is 1. The third-order valence-corrected chi connectivity index (χ3v) is 16.7. The lowest BCUT2D eigenvalue weighted by Crippen LogP contribution is -2.45. The highest BCUT2D eigenvalue weighted by Crippen LogP contribution is 2.43. The summed E-state index contributed by atoms with van der Waals surface area (Å²) >= 11 is 0. The van der Waals surface area contributed by atoms with Crippen molar-refractivity contribution in [2.45, 2.75) is 347 Å². The van der Waals surface area contributed by atoms with E-state index in [-0.39, 0.29) is 19.1 Å². The lowest BCUT2D eigenvalue weighted by Gasteiger charge is -2.25. The zero-order chi connectivity index (χ0) is 58.4. The van der Waals surface area contributed by atoms with Gasteiger partial charge in [-0.3, -0.25) is 13.8 Å². The lowest BCUT2D eigenvalue weighted by atomic mass is 10.0. The summed E-state index contributed by atoms with van der Waals surface area (Å²) in [5.74, 6) is -0.171. The Hall–Kier alpha value is -1.80. The predicted octanol–water partition coefficient (Wildman–Crippen LogP) is 22.0. The second-order valence-corrected chi connectivity index (χ2v) is 26.3. The summed E-state index contributed by atoms with van der Waals surface area (Å²) in [5.41, 5.74) is 0. The second-order valence-electron chi connectivity index (χ2n) is 24.9. The van der Waals surface area contributed by atoms with Crippen LogP contribution in [0, 0.1) is 0 Å². The fourth-order valence-corrected chi connectivity index (χ4v) is 11.1. The summed E-state index contributed by atoms with van der Waals surface area (Å²) in [6, 6.07) is -0.846. The minimum absolute atomic E-state index is 0.0631. The number of allylic oxidation sites excluding steroid dienone is 9. The van der Waals surface area contributed by atoms with Crippen molar-refractivity contribution in [2.75, 3.05) is 40.9 Å². The van der Waals surface area contributed by atoms with Crippen molar-refractivity contribution in [1.29, 1.82) is 0 Å². The van der Waals surface area contributed by atoms with Gasteiger partial charge in [-0.05, 0) is 57.8 Å². The first-order valence-corrected chi connectivity index (χ1v) is 36.2. The molecule has 0 aromatic heterocycles. The van der Waals surface area contributed by atoms with Gasteiger partial charge < -0.3 is 19.8 Å². The van der Waals surface area contributed by atoms with Gasteiger partial charge in [0.15, 0.2) is 0 Å². The fraction of sp³-hybridized carbons (Fsp3) is 0.845. The first-order chi connectivity index (χ1) is 39.0. The van der Waals surface area contributed by atoms with Gasteiger partial charge >= 0.3 is 7.82 Å². The molecule has 0 heterocycles. The molecule has 3 unspecified atom stereocenters. The molecule has 470 valence electrons. The van der Waals surface area contributed by atoms with Crippen LogP contribution in [0.15, 0.2) is 60.8 Å². The van der Waals surface area contributed by atoms with Crippen molar-refractivity contribution in [3.05, 3.63) is 60.8 Å². The average molecular weight is 1140 g/mol. The van der Waals surface area contributed by atoms with Crippen molar-refractivity contribution >= 4 is 13.7 Å². The Labute approximate surface area is 498 Å². The van der Waals surface area contributed by atoms with E-state index in [4.69, 9.17) is 9.05 Å². The molecule has 0 radical (unpaired) electrons. The molecule has 0 saturated heterocycles. The molecule has 3 N–H and O–H groups in total. The lowest BCUT2D eigenvalue weighted by molar-refractivity contribution is -0.870. The maximum atomic E-state index is 13.0. The molecule has 0 aromatic carbocycles. The number of hydrogen-bond acceptors (Lipinski definition) is 5. The van der Waals surface area contributed by atoms with Gasteiger partial charge in [0, 0.05) is 6.42 Å². The van der Waals surface area contributed by atoms with Crippen LogP contribution in [-0.2, 0) is 18.4 Å². The molecule has 0 aromatic rings. The molecule has 1 amide bonds. The van der Waals surface area contributed by atoms with Crippen LogP contribution in [0.3, 0.4) is 0 Å². The number of carbonyl (C=O) groups excluding carboxylic acids is 1. The van der Waals surface area contributed by atoms with E-state index in [1.165, 1.54) is 250 Å². The van der Waals surface area contributed by atoms with Gasteiger partial charge in [0.1, 0.15) is 13.2 Å². The van der Waals surface area contributed by atoms with Crippen molar-refractivity contribution < 1.29 is 32.9 Å². The molecule has 3 atom stereocenters. The van der Waals surface area contributed by atoms with Crippen LogP contribution in [0.2, 0.25) is 0 Å². The molecule has 0 bridgehead atoms. The molecule has 0 aliphatic rings. The first kappa shape index (κ1) is 78.2. The number of amides is 1. The highest BCUT2D eigenvalue weighted by Gasteiger charge is 2.28. The van der Waals surface area contributed by atoms with Gasteiger partial charge in [0.25, 0.3) is 0 Å². The van der Waals surface area contributed by atoms with Gasteiger partial charge in [-0.2, -0.15) is 0 Å². The van der Waals surface area contributed by atoms with Crippen LogP contribution in [0.5, 0.6) is 0 Å². The van der Waals surface area contributed by atoms with E-state index in [9.17, 15) is 19.4 Å². The van der Waals surface area contributed by atoms with Gasteiger partial charge in [-0.25, -0.2) is 4.57 Å². The zero-order valence-corrected chi connectivity index (χ0v) is 54.7. The predicted molar refractivity (Wildman–Crippen MR) is 350 cm³/mol. The largest absolute Gasteiger partial charge is 0.472 e. The van der Waals surface area contributed by atoms with Crippen LogP contribution in [0.1, 0.15) is 335 Å². The normalized spacial score (nSPS) is 14.0. The number of phosphoric acid groups is 1. The first-order valence-electron chi connectivity index (χ1n) is 34.7. The minimum atomic E-state index is -4.35. The van der Waals surface area contributed by atoms with Crippen LogP contribution >= 0.6 is 7.82 Å². The molecule has 0 rings (SSSR count). The Balaban J connectivity index is 3.93. The monoisotopic (exact) mass is 1140 g/mol. The van der Waals surface area contributed by atoms with Crippen LogP contribution in [-0.4, -0.2) is 73.4 Å². The fourth-order valence-electron chi connectivity index (χ4n) is 10.4. The zero-order valence-electron chi connectivity index (χ0n) is 53.8. The molecule has 9 heteroatoms. The highest BCUT2D eigenvalue weighted by molar-refractivity contribution is 7.47. The van der Waals surface area contributed by atoms with Crippen molar-refractivity contribution in [2.24, 2.45) is 0 Å². The van der Waals surface area contributed by atoms with Crippen LogP contribution in [0.4, 0.5) is 0 Å². The highest BCUT2D eigenvalue weighted by atomic mass is 31.2. The molecule has 0 aliphatic carbocycles. The number of quaternary nitrogens is 1.